The van der Waals surface area contributed by atoms with Crippen LogP contribution in [0.3, 0.4) is 0 Å². The van der Waals surface area contributed by atoms with Gasteiger partial charge in [0.15, 0.2) is 0 Å². The van der Waals surface area contributed by atoms with E-state index in [0.717, 1.165) is 30.2 Å². The summed E-state index contributed by atoms with van der Waals surface area (Å²) in [5.41, 5.74) is 10.0. The Labute approximate surface area is 114 Å². The summed E-state index contributed by atoms with van der Waals surface area (Å²) in [6, 6.07) is 4.25. The summed E-state index contributed by atoms with van der Waals surface area (Å²) in [7, 11) is 0. The minimum absolute atomic E-state index is 0.0832. The van der Waals surface area contributed by atoms with E-state index in [2.05, 4.69) is 19.9 Å². The summed E-state index contributed by atoms with van der Waals surface area (Å²) in [6.45, 7) is 8.00. The molecule has 1 heterocycles. The minimum atomic E-state index is 0.0832. The van der Waals surface area contributed by atoms with Gasteiger partial charge in [-0.25, -0.2) is 0 Å². The fourth-order valence-electron chi connectivity index (χ4n) is 2.82. The van der Waals surface area contributed by atoms with Crippen molar-refractivity contribution in [1.29, 1.82) is 0 Å². The fourth-order valence-corrected chi connectivity index (χ4v) is 3.04. The molecule has 2 nitrogen and oxygen atoms in total. The summed E-state index contributed by atoms with van der Waals surface area (Å²) in [5.74, 6) is 1.02. The van der Waals surface area contributed by atoms with Gasteiger partial charge in [-0.1, -0.05) is 24.6 Å². The third-order valence-electron chi connectivity index (χ3n) is 4.07. The second-order valence-corrected chi connectivity index (χ2v) is 5.90. The maximum absolute atomic E-state index is 6.48. The lowest BCUT2D eigenvalue weighted by Gasteiger charge is -2.34. The standard InChI is InChI=1S/C15H22ClNO/c1-9-7-14(16)10(2)6-13(9)15(17)12-4-5-18-8-11(12)3/h6-7,11-12,15H,4-5,8,17H2,1-3H3. The van der Waals surface area contributed by atoms with E-state index in [4.69, 9.17) is 22.1 Å². The van der Waals surface area contributed by atoms with Gasteiger partial charge in [-0.3, -0.25) is 0 Å². The molecular weight excluding hydrogens is 246 g/mol. The molecule has 0 radical (unpaired) electrons. The normalized spacial score (nSPS) is 26.1. The highest BCUT2D eigenvalue weighted by molar-refractivity contribution is 6.31. The molecule has 1 aromatic carbocycles. The molecule has 1 fully saturated rings. The van der Waals surface area contributed by atoms with E-state index in [0.29, 0.717) is 11.8 Å². The predicted molar refractivity (Wildman–Crippen MR) is 75.9 cm³/mol. The second kappa shape index (κ2) is 5.60. The first kappa shape index (κ1) is 13.9. The molecule has 3 unspecified atom stereocenters. The molecule has 0 bridgehead atoms. The van der Waals surface area contributed by atoms with Crippen LogP contribution < -0.4 is 5.73 Å². The molecule has 3 atom stereocenters. The van der Waals surface area contributed by atoms with Gasteiger partial charge in [0.2, 0.25) is 0 Å². The molecule has 1 aliphatic rings. The van der Waals surface area contributed by atoms with Crippen molar-refractivity contribution in [2.24, 2.45) is 17.6 Å². The van der Waals surface area contributed by atoms with Gasteiger partial charge in [0.05, 0.1) is 0 Å². The molecule has 100 valence electrons. The minimum Gasteiger partial charge on any atom is -0.381 e. The summed E-state index contributed by atoms with van der Waals surface area (Å²) in [5, 5.41) is 0.823. The van der Waals surface area contributed by atoms with Crippen LogP contribution in [-0.4, -0.2) is 13.2 Å². The van der Waals surface area contributed by atoms with Crippen molar-refractivity contribution in [2.45, 2.75) is 33.2 Å². The number of aryl methyl sites for hydroxylation is 2. The maximum Gasteiger partial charge on any atom is 0.0494 e. The first-order chi connectivity index (χ1) is 8.50. The molecular formula is C15H22ClNO. The molecule has 2 N–H and O–H groups in total. The van der Waals surface area contributed by atoms with Crippen LogP contribution in [0.4, 0.5) is 0 Å². The summed E-state index contributed by atoms with van der Waals surface area (Å²) in [6.07, 6.45) is 1.05. The number of hydrogen-bond donors (Lipinski definition) is 1. The molecule has 0 amide bonds. The van der Waals surface area contributed by atoms with Gasteiger partial charge in [-0.05, 0) is 54.9 Å². The summed E-state index contributed by atoms with van der Waals surface area (Å²) in [4.78, 5) is 0. The number of nitrogens with two attached hydrogens (primary N) is 1. The van der Waals surface area contributed by atoms with Crippen LogP contribution >= 0.6 is 11.6 Å². The molecule has 0 aliphatic carbocycles. The number of halogens is 1. The zero-order valence-corrected chi connectivity index (χ0v) is 12.1. The van der Waals surface area contributed by atoms with Crippen LogP contribution in [0.15, 0.2) is 12.1 Å². The van der Waals surface area contributed by atoms with Crippen LogP contribution in [0.25, 0.3) is 0 Å². The molecule has 0 spiro atoms. The fraction of sp³-hybridized carbons (Fsp3) is 0.600. The van der Waals surface area contributed by atoms with Crippen LogP contribution in [0, 0.1) is 25.7 Å². The Morgan fingerprint density at radius 1 is 1.33 bits per heavy atom. The van der Waals surface area contributed by atoms with Gasteiger partial charge in [0.1, 0.15) is 0 Å². The second-order valence-electron chi connectivity index (χ2n) is 5.49. The molecule has 18 heavy (non-hydrogen) atoms. The lowest BCUT2D eigenvalue weighted by Crippen LogP contribution is -2.34. The predicted octanol–water partition coefficient (Wildman–Crippen LogP) is 3.63. The van der Waals surface area contributed by atoms with Crippen molar-refractivity contribution in [3.05, 3.63) is 33.8 Å². The Hall–Kier alpha value is -0.570. The van der Waals surface area contributed by atoms with E-state index in [1.807, 2.05) is 13.0 Å². The lowest BCUT2D eigenvalue weighted by molar-refractivity contribution is 0.0154. The number of ether oxygens (including phenoxy) is 1. The Kier molecular flexibility index (Phi) is 4.31. The van der Waals surface area contributed by atoms with E-state index in [1.165, 1.54) is 11.1 Å². The molecule has 1 aromatic rings. The largest absolute Gasteiger partial charge is 0.381 e. The van der Waals surface area contributed by atoms with Gasteiger partial charge in [0.25, 0.3) is 0 Å². The van der Waals surface area contributed by atoms with Gasteiger partial charge >= 0.3 is 0 Å². The highest BCUT2D eigenvalue weighted by Crippen LogP contribution is 2.34. The Morgan fingerprint density at radius 2 is 2.06 bits per heavy atom. The smallest absolute Gasteiger partial charge is 0.0494 e. The number of hydrogen-bond acceptors (Lipinski definition) is 2. The summed E-state index contributed by atoms with van der Waals surface area (Å²) >= 11 is 6.14. The van der Waals surface area contributed by atoms with E-state index in [-0.39, 0.29) is 6.04 Å². The Morgan fingerprint density at radius 3 is 2.72 bits per heavy atom. The first-order valence-electron chi connectivity index (χ1n) is 6.60. The van der Waals surface area contributed by atoms with E-state index in [1.54, 1.807) is 0 Å². The average Bonchev–Trinajstić information content (AvgIpc) is 2.33. The Balaban J connectivity index is 2.27. The first-order valence-corrected chi connectivity index (χ1v) is 6.98. The van der Waals surface area contributed by atoms with Crippen molar-refractivity contribution in [1.82, 2.24) is 0 Å². The van der Waals surface area contributed by atoms with E-state index < -0.39 is 0 Å². The number of rotatable bonds is 2. The van der Waals surface area contributed by atoms with Crippen LogP contribution in [0.2, 0.25) is 5.02 Å². The maximum atomic E-state index is 6.48. The SMILES string of the molecule is Cc1cc(C(N)C2CCOCC2C)c(C)cc1Cl. The average molecular weight is 268 g/mol. The zero-order valence-electron chi connectivity index (χ0n) is 11.4. The molecule has 1 saturated heterocycles. The molecule has 0 aromatic heterocycles. The third kappa shape index (κ3) is 2.71. The monoisotopic (exact) mass is 267 g/mol. The molecule has 1 aliphatic heterocycles. The van der Waals surface area contributed by atoms with Gasteiger partial charge in [-0.2, -0.15) is 0 Å². The lowest BCUT2D eigenvalue weighted by atomic mass is 9.80. The van der Waals surface area contributed by atoms with Crippen molar-refractivity contribution in [3.63, 3.8) is 0 Å². The van der Waals surface area contributed by atoms with Crippen LogP contribution in [-0.2, 0) is 4.74 Å². The van der Waals surface area contributed by atoms with Gasteiger partial charge in [0, 0.05) is 24.3 Å². The molecule has 3 heteroatoms. The van der Waals surface area contributed by atoms with Crippen molar-refractivity contribution < 1.29 is 4.74 Å². The topological polar surface area (TPSA) is 35.2 Å². The quantitative estimate of drug-likeness (QED) is 0.888. The summed E-state index contributed by atoms with van der Waals surface area (Å²) < 4.78 is 5.49. The molecule has 0 saturated carbocycles. The third-order valence-corrected chi connectivity index (χ3v) is 4.48. The molecule has 2 rings (SSSR count). The number of benzene rings is 1. The highest BCUT2D eigenvalue weighted by Gasteiger charge is 2.29. The van der Waals surface area contributed by atoms with Gasteiger partial charge in [-0.15, -0.1) is 0 Å². The zero-order chi connectivity index (χ0) is 13.3. The van der Waals surface area contributed by atoms with Gasteiger partial charge < -0.3 is 10.5 Å². The van der Waals surface area contributed by atoms with Crippen LogP contribution in [0.1, 0.15) is 36.1 Å². The van der Waals surface area contributed by atoms with Crippen molar-refractivity contribution in [3.8, 4) is 0 Å². The van der Waals surface area contributed by atoms with Crippen molar-refractivity contribution in [2.75, 3.05) is 13.2 Å². The van der Waals surface area contributed by atoms with Crippen LogP contribution in [0.5, 0.6) is 0 Å². The van der Waals surface area contributed by atoms with Crippen molar-refractivity contribution >= 4 is 11.6 Å². The highest BCUT2D eigenvalue weighted by atomic mass is 35.5. The van der Waals surface area contributed by atoms with E-state index >= 15 is 0 Å². The van der Waals surface area contributed by atoms with E-state index in [9.17, 15) is 0 Å². The Bertz CT molecular complexity index is 433.